The van der Waals surface area contributed by atoms with Gasteiger partial charge in [-0.3, -0.25) is 4.79 Å². The second-order valence-corrected chi connectivity index (χ2v) is 15.9. The summed E-state index contributed by atoms with van der Waals surface area (Å²) in [4.78, 5) is 12.9. The van der Waals surface area contributed by atoms with Crippen LogP contribution in [0.3, 0.4) is 0 Å². The van der Waals surface area contributed by atoms with E-state index in [0.717, 1.165) is 37.9 Å². The summed E-state index contributed by atoms with van der Waals surface area (Å²) in [6, 6.07) is 8.64. The SMILES string of the molecule is C=C(C)[C@@H]1CC[C@]2(C(=O)O)CC[C@]3(C)[C@H](CC[C@@H]4[C@@]5(C)CC=C(c6cccc(OC)c6)C(C)(C)[C@@H]5CC[C@]43C)[C@@H]12. The average molecular weight is 545 g/mol. The fourth-order valence-electron chi connectivity index (χ4n) is 12.4. The van der Waals surface area contributed by atoms with E-state index < -0.39 is 11.4 Å². The first kappa shape index (κ1) is 28.1. The smallest absolute Gasteiger partial charge is 0.309 e. The first-order chi connectivity index (χ1) is 18.8. The number of allylic oxidation sites excluding steroid dienone is 3. The number of methoxy groups -OCH3 is 1. The van der Waals surface area contributed by atoms with Gasteiger partial charge in [-0.25, -0.2) is 0 Å². The summed E-state index contributed by atoms with van der Waals surface area (Å²) in [5.74, 6) is 2.75. The second kappa shape index (κ2) is 8.98. The molecule has 3 heteroatoms. The molecule has 5 aliphatic carbocycles. The highest BCUT2D eigenvalue weighted by Gasteiger charge is 2.71. The quantitative estimate of drug-likeness (QED) is 0.384. The summed E-state index contributed by atoms with van der Waals surface area (Å²) in [6.07, 6.45) is 12.4. The van der Waals surface area contributed by atoms with Crippen molar-refractivity contribution in [1.29, 1.82) is 0 Å². The Morgan fingerprint density at radius 2 is 1.70 bits per heavy atom. The summed E-state index contributed by atoms with van der Waals surface area (Å²) in [5.41, 5.74) is 4.19. The third-order valence-corrected chi connectivity index (χ3v) is 14.5. The molecule has 1 aromatic rings. The van der Waals surface area contributed by atoms with Gasteiger partial charge in [0.05, 0.1) is 12.5 Å². The van der Waals surface area contributed by atoms with Gasteiger partial charge >= 0.3 is 5.97 Å². The van der Waals surface area contributed by atoms with Gasteiger partial charge in [0.15, 0.2) is 0 Å². The molecule has 0 bridgehead atoms. The number of aliphatic carboxylic acids is 1. The molecule has 5 aliphatic rings. The molecule has 0 radical (unpaired) electrons. The van der Waals surface area contributed by atoms with Gasteiger partial charge in [0.25, 0.3) is 0 Å². The van der Waals surface area contributed by atoms with Crippen molar-refractivity contribution in [1.82, 2.24) is 0 Å². The van der Waals surface area contributed by atoms with E-state index in [4.69, 9.17) is 4.74 Å². The molecular formula is C37H52O3. The number of hydrogen-bond donors (Lipinski definition) is 1. The van der Waals surface area contributed by atoms with Crippen LogP contribution in [0, 0.1) is 56.7 Å². The third kappa shape index (κ3) is 3.45. The highest BCUT2D eigenvalue weighted by Crippen LogP contribution is 2.77. The molecule has 0 spiro atoms. The lowest BCUT2D eigenvalue weighted by Gasteiger charge is -2.72. The maximum atomic E-state index is 12.9. The van der Waals surface area contributed by atoms with E-state index >= 15 is 0 Å². The van der Waals surface area contributed by atoms with Crippen LogP contribution in [-0.2, 0) is 4.79 Å². The maximum Gasteiger partial charge on any atom is 0.309 e. The zero-order valence-corrected chi connectivity index (χ0v) is 26.1. The number of rotatable bonds is 4. The lowest BCUT2D eigenvalue weighted by atomic mass is 9.32. The Hall–Kier alpha value is -2.03. The summed E-state index contributed by atoms with van der Waals surface area (Å²) in [7, 11) is 1.76. The molecule has 4 saturated carbocycles. The molecule has 0 aromatic heterocycles. The van der Waals surface area contributed by atoms with Crippen molar-refractivity contribution in [2.75, 3.05) is 7.11 Å². The van der Waals surface area contributed by atoms with Crippen molar-refractivity contribution < 1.29 is 14.6 Å². The van der Waals surface area contributed by atoms with E-state index in [9.17, 15) is 9.90 Å². The summed E-state index contributed by atoms with van der Waals surface area (Å²) in [6.45, 7) is 19.4. The molecule has 0 amide bonds. The van der Waals surface area contributed by atoms with Crippen LogP contribution in [0.5, 0.6) is 5.75 Å². The average Bonchev–Trinajstić information content (AvgIpc) is 3.30. The molecule has 0 saturated heterocycles. The van der Waals surface area contributed by atoms with Crippen LogP contribution in [0.2, 0.25) is 0 Å². The molecule has 9 atom stereocenters. The Morgan fingerprint density at radius 1 is 0.950 bits per heavy atom. The minimum absolute atomic E-state index is 0.0833. The highest BCUT2D eigenvalue weighted by molar-refractivity contribution is 5.76. The Morgan fingerprint density at radius 3 is 2.38 bits per heavy atom. The second-order valence-electron chi connectivity index (χ2n) is 15.9. The van der Waals surface area contributed by atoms with Crippen molar-refractivity contribution >= 4 is 11.5 Å². The molecule has 4 fully saturated rings. The van der Waals surface area contributed by atoms with Crippen LogP contribution in [-0.4, -0.2) is 18.2 Å². The van der Waals surface area contributed by atoms with Crippen LogP contribution in [0.25, 0.3) is 5.57 Å². The van der Waals surface area contributed by atoms with Crippen LogP contribution >= 0.6 is 0 Å². The molecule has 3 nitrogen and oxygen atoms in total. The van der Waals surface area contributed by atoms with E-state index in [-0.39, 0.29) is 27.6 Å². The van der Waals surface area contributed by atoms with Crippen LogP contribution < -0.4 is 4.74 Å². The van der Waals surface area contributed by atoms with Gasteiger partial charge in [-0.05, 0) is 139 Å². The fourth-order valence-corrected chi connectivity index (χ4v) is 12.4. The Kier molecular flexibility index (Phi) is 6.31. The normalized spacial score (nSPS) is 45.3. The minimum Gasteiger partial charge on any atom is -0.497 e. The highest BCUT2D eigenvalue weighted by atomic mass is 16.5. The number of carboxylic acids is 1. The van der Waals surface area contributed by atoms with Gasteiger partial charge in [-0.1, -0.05) is 65.0 Å². The van der Waals surface area contributed by atoms with E-state index in [1.165, 1.54) is 42.4 Å². The molecule has 0 aliphatic heterocycles. The van der Waals surface area contributed by atoms with Crippen molar-refractivity contribution in [2.24, 2.45) is 56.7 Å². The van der Waals surface area contributed by atoms with E-state index in [1.54, 1.807) is 7.11 Å². The number of fused-ring (bicyclic) bond motifs is 7. The maximum absolute atomic E-state index is 12.9. The molecule has 218 valence electrons. The standard InChI is InChI=1S/C37H52O3/c1-23(2)26-14-19-37(32(38)39)21-20-35(6)28(31(26)37)12-13-30-34(5)17-15-27(24-10-9-11-25(22-24)40-8)33(3,4)29(34)16-18-36(30,35)7/h9-11,15,22,26,28-31H,1,12-14,16-21H2,2-8H3,(H,38,39)/t26-,28+,29-,30+,31+,34-,35+,36+,37-/m0/s1. The monoisotopic (exact) mass is 544 g/mol. The Labute approximate surface area is 242 Å². The Balaban J connectivity index is 1.39. The topological polar surface area (TPSA) is 46.5 Å². The molecule has 0 heterocycles. The predicted octanol–water partition coefficient (Wildman–Crippen LogP) is 9.43. The van der Waals surface area contributed by atoms with Crippen molar-refractivity contribution in [3.63, 3.8) is 0 Å². The zero-order valence-electron chi connectivity index (χ0n) is 26.1. The molecule has 1 N–H and O–H groups in total. The Bertz CT molecular complexity index is 1260. The van der Waals surface area contributed by atoms with Crippen LogP contribution in [0.15, 0.2) is 42.5 Å². The summed E-state index contributed by atoms with van der Waals surface area (Å²) in [5, 5.41) is 10.6. The number of carboxylic acid groups (broad SMARTS) is 1. The lowest BCUT2D eigenvalue weighted by molar-refractivity contribution is -0.227. The first-order valence-electron chi connectivity index (χ1n) is 16.0. The van der Waals surface area contributed by atoms with Gasteiger partial charge < -0.3 is 9.84 Å². The van der Waals surface area contributed by atoms with Crippen molar-refractivity contribution in [2.45, 2.75) is 99.3 Å². The minimum atomic E-state index is -0.542. The van der Waals surface area contributed by atoms with Crippen LogP contribution in [0.4, 0.5) is 0 Å². The predicted molar refractivity (Wildman–Crippen MR) is 163 cm³/mol. The zero-order chi connectivity index (χ0) is 28.9. The van der Waals surface area contributed by atoms with E-state index in [0.29, 0.717) is 23.7 Å². The van der Waals surface area contributed by atoms with Gasteiger partial charge in [-0.2, -0.15) is 0 Å². The molecule has 40 heavy (non-hydrogen) atoms. The van der Waals surface area contributed by atoms with Gasteiger partial charge in [0.2, 0.25) is 0 Å². The van der Waals surface area contributed by atoms with Gasteiger partial charge in [0, 0.05) is 0 Å². The third-order valence-electron chi connectivity index (χ3n) is 14.5. The lowest BCUT2D eigenvalue weighted by Crippen LogP contribution is -2.65. The largest absolute Gasteiger partial charge is 0.497 e. The van der Waals surface area contributed by atoms with Crippen molar-refractivity contribution in [3.05, 3.63) is 48.1 Å². The van der Waals surface area contributed by atoms with E-state index in [2.05, 4.69) is 72.4 Å². The fraction of sp³-hybridized carbons (Fsp3) is 0.703. The summed E-state index contributed by atoms with van der Waals surface area (Å²) < 4.78 is 5.59. The number of hydrogen-bond acceptors (Lipinski definition) is 2. The number of benzene rings is 1. The van der Waals surface area contributed by atoms with Crippen molar-refractivity contribution in [3.8, 4) is 5.75 Å². The number of carbonyl (C=O) groups is 1. The molecule has 1 aromatic carbocycles. The summed E-state index contributed by atoms with van der Waals surface area (Å²) >= 11 is 0. The molecule has 0 unspecified atom stereocenters. The molecular weight excluding hydrogens is 492 g/mol. The molecule has 6 rings (SSSR count). The van der Waals surface area contributed by atoms with E-state index in [1.807, 2.05) is 6.07 Å². The van der Waals surface area contributed by atoms with Gasteiger partial charge in [0.1, 0.15) is 5.75 Å². The first-order valence-corrected chi connectivity index (χ1v) is 16.0. The van der Waals surface area contributed by atoms with Gasteiger partial charge in [-0.15, -0.1) is 0 Å². The number of ether oxygens (including phenoxy) is 1. The van der Waals surface area contributed by atoms with Crippen LogP contribution in [0.1, 0.15) is 105 Å².